The lowest BCUT2D eigenvalue weighted by atomic mass is 10.2. The van der Waals surface area contributed by atoms with Gasteiger partial charge in [0.05, 0.1) is 0 Å². The van der Waals surface area contributed by atoms with Crippen molar-refractivity contribution >= 4 is 17.8 Å². The number of aryl methyl sites for hydroxylation is 3. The van der Waals surface area contributed by atoms with E-state index in [-0.39, 0.29) is 0 Å². The van der Waals surface area contributed by atoms with Crippen molar-refractivity contribution in [3.63, 3.8) is 0 Å². The lowest BCUT2D eigenvalue weighted by Gasteiger charge is -2.01. The lowest BCUT2D eigenvalue weighted by molar-refractivity contribution is 0.597. The van der Waals surface area contributed by atoms with E-state index in [9.17, 15) is 0 Å². The van der Waals surface area contributed by atoms with Gasteiger partial charge in [-0.05, 0) is 43.5 Å². The Bertz CT molecular complexity index is 1120. The summed E-state index contributed by atoms with van der Waals surface area (Å²) in [6.45, 7) is 7.12. The van der Waals surface area contributed by atoms with E-state index in [4.69, 9.17) is 9.97 Å². The molecule has 0 aliphatic rings. The van der Waals surface area contributed by atoms with E-state index in [0.29, 0.717) is 5.82 Å². The van der Waals surface area contributed by atoms with E-state index < -0.39 is 0 Å². The molecule has 28 heavy (non-hydrogen) atoms. The van der Waals surface area contributed by atoms with Gasteiger partial charge in [-0.15, -0.1) is 5.10 Å². The van der Waals surface area contributed by atoms with Gasteiger partial charge in [0.1, 0.15) is 0 Å². The number of fused-ring (bicyclic) bond motifs is 1. The maximum Gasteiger partial charge on any atom is 0.181 e. The average molecular weight is 372 g/mol. The number of aromatic nitrogens is 6. The third kappa shape index (κ3) is 3.45. The molecule has 4 rings (SSSR count). The van der Waals surface area contributed by atoms with Crippen LogP contribution in [0.3, 0.4) is 0 Å². The van der Waals surface area contributed by atoms with Crippen molar-refractivity contribution in [1.29, 1.82) is 0 Å². The first-order valence-corrected chi connectivity index (χ1v) is 9.73. The minimum Gasteiger partial charge on any atom is -0.246 e. The number of rotatable bonds is 6. The fraction of sp³-hybridized carbons (Fsp3) is 0.273. The van der Waals surface area contributed by atoms with Crippen molar-refractivity contribution in [2.75, 3.05) is 0 Å². The first-order chi connectivity index (χ1) is 13.7. The summed E-state index contributed by atoms with van der Waals surface area (Å²) in [5.41, 5.74) is 4.20. The Morgan fingerprint density at radius 1 is 0.929 bits per heavy atom. The Kier molecular flexibility index (Phi) is 5.02. The van der Waals surface area contributed by atoms with Gasteiger partial charge in [-0.25, -0.2) is 19.2 Å². The summed E-state index contributed by atoms with van der Waals surface area (Å²) >= 11 is 0. The number of pyridine rings is 1. The third-order valence-electron chi connectivity index (χ3n) is 4.70. The Morgan fingerprint density at radius 2 is 1.75 bits per heavy atom. The standard InChI is InChI=1S/C22H24N6/c1-4-15-27-20(24-21(26-27)18-9-7-6-8-10-18)14-13-19-23-22-17(5-2)12-11-16(3)28(22)25-19/h6-14H,4-5,15H2,1-3H3. The van der Waals surface area contributed by atoms with Crippen LogP contribution in [0.4, 0.5) is 0 Å². The SMILES string of the molecule is CCCn1nc(-c2ccccc2)nc1C=Cc1nc2c(CC)ccc(C)n2n1. The highest BCUT2D eigenvalue weighted by Crippen LogP contribution is 2.17. The summed E-state index contributed by atoms with van der Waals surface area (Å²) in [5.74, 6) is 2.23. The number of hydrogen-bond donors (Lipinski definition) is 0. The van der Waals surface area contributed by atoms with Crippen LogP contribution in [0.5, 0.6) is 0 Å². The molecule has 6 nitrogen and oxygen atoms in total. The highest BCUT2D eigenvalue weighted by Gasteiger charge is 2.10. The van der Waals surface area contributed by atoms with Crippen molar-refractivity contribution in [2.24, 2.45) is 0 Å². The highest BCUT2D eigenvalue weighted by molar-refractivity contribution is 5.66. The predicted molar refractivity (Wildman–Crippen MR) is 112 cm³/mol. The third-order valence-corrected chi connectivity index (χ3v) is 4.70. The van der Waals surface area contributed by atoms with Gasteiger partial charge in [-0.1, -0.05) is 50.2 Å². The smallest absolute Gasteiger partial charge is 0.181 e. The van der Waals surface area contributed by atoms with Gasteiger partial charge in [-0.3, -0.25) is 0 Å². The van der Waals surface area contributed by atoms with Gasteiger partial charge in [0.25, 0.3) is 0 Å². The Morgan fingerprint density at radius 3 is 2.50 bits per heavy atom. The Balaban J connectivity index is 1.70. The molecule has 0 unspecified atom stereocenters. The monoisotopic (exact) mass is 372 g/mol. The summed E-state index contributed by atoms with van der Waals surface area (Å²) < 4.78 is 3.85. The molecule has 1 aromatic carbocycles. The maximum atomic E-state index is 4.72. The minimum atomic E-state index is 0.677. The highest BCUT2D eigenvalue weighted by atomic mass is 15.3. The predicted octanol–water partition coefficient (Wildman–Crippen LogP) is 4.44. The maximum absolute atomic E-state index is 4.72. The normalized spacial score (nSPS) is 11.7. The molecule has 0 amide bonds. The molecule has 0 atom stereocenters. The average Bonchev–Trinajstić information content (AvgIpc) is 3.33. The Labute approximate surface area is 164 Å². The van der Waals surface area contributed by atoms with Gasteiger partial charge in [-0.2, -0.15) is 5.10 Å². The van der Waals surface area contributed by atoms with E-state index >= 15 is 0 Å². The van der Waals surface area contributed by atoms with Gasteiger partial charge in [0, 0.05) is 17.8 Å². The molecule has 0 radical (unpaired) electrons. The van der Waals surface area contributed by atoms with Crippen molar-refractivity contribution in [1.82, 2.24) is 29.4 Å². The molecule has 0 spiro atoms. The first kappa shape index (κ1) is 18.1. The van der Waals surface area contributed by atoms with Crippen LogP contribution in [0.2, 0.25) is 0 Å². The molecular formula is C22H24N6. The van der Waals surface area contributed by atoms with E-state index in [1.807, 2.05) is 58.6 Å². The van der Waals surface area contributed by atoms with E-state index in [1.54, 1.807) is 0 Å². The number of nitrogens with zero attached hydrogens (tertiary/aromatic N) is 6. The van der Waals surface area contributed by atoms with Crippen molar-refractivity contribution in [2.45, 2.75) is 40.2 Å². The van der Waals surface area contributed by atoms with Crippen LogP contribution >= 0.6 is 0 Å². The topological polar surface area (TPSA) is 60.9 Å². The molecule has 0 aliphatic heterocycles. The zero-order valence-electron chi connectivity index (χ0n) is 16.5. The Hall–Kier alpha value is -3.28. The van der Waals surface area contributed by atoms with E-state index in [0.717, 1.165) is 47.9 Å². The fourth-order valence-electron chi connectivity index (χ4n) is 3.21. The summed E-state index contributed by atoms with van der Waals surface area (Å²) in [6, 6.07) is 14.2. The van der Waals surface area contributed by atoms with E-state index in [1.165, 1.54) is 5.56 Å². The molecule has 0 aliphatic carbocycles. The van der Waals surface area contributed by atoms with E-state index in [2.05, 4.69) is 36.2 Å². The van der Waals surface area contributed by atoms with Crippen LogP contribution in [-0.2, 0) is 13.0 Å². The van der Waals surface area contributed by atoms with Gasteiger partial charge in [0.2, 0.25) is 0 Å². The molecule has 0 saturated heterocycles. The van der Waals surface area contributed by atoms with Crippen molar-refractivity contribution in [3.05, 3.63) is 65.4 Å². The molecule has 0 N–H and O–H groups in total. The largest absolute Gasteiger partial charge is 0.246 e. The van der Waals surface area contributed by atoms with Gasteiger partial charge in [0.15, 0.2) is 23.1 Å². The first-order valence-electron chi connectivity index (χ1n) is 9.73. The molecule has 4 aromatic rings. The van der Waals surface area contributed by atoms with Crippen molar-refractivity contribution in [3.8, 4) is 11.4 Å². The molecule has 3 heterocycles. The van der Waals surface area contributed by atoms with Crippen LogP contribution < -0.4 is 0 Å². The molecule has 6 heteroatoms. The summed E-state index contributed by atoms with van der Waals surface area (Å²) in [7, 11) is 0. The molecule has 0 saturated carbocycles. The summed E-state index contributed by atoms with van der Waals surface area (Å²) in [6.07, 6.45) is 5.78. The summed E-state index contributed by atoms with van der Waals surface area (Å²) in [4.78, 5) is 9.43. The second kappa shape index (κ2) is 7.76. The molecule has 142 valence electrons. The zero-order chi connectivity index (χ0) is 19.5. The zero-order valence-corrected chi connectivity index (χ0v) is 16.5. The van der Waals surface area contributed by atoms with Crippen LogP contribution in [0.25, 0.3) is 29.2 Å². The second-order valence-electron chi connectivity index (χ2n) is 6.78. The van der Waals surface area contributed by atoms with Crippen LogP contribution in [-0.4, -0.2) is 29.4 Å². The van der Waals surface area contributed by atoms with Gasteiger partial charge >= 0.3 is 0 Å². The molecule has 3 aromatic heterocycles. The van der Waals surface area contributed by atoms with Crippen LogP contribution in [0.15, 0.2) is 42.5 Å². The van der Waals surface area contributed by atoms with Crippen molar-refractivity contribution < 1.29 is 0 Å². The lowest BCUT2D eigenvalue weighted by Crippen LogP contribution is -2.01. The number of hydrogen-bond acceptors (Lipinski definition) is 4. The molecule has 0 bridgehead atoms. The molecule has 0 fully saturated rings. The number of benzene rings is 1. The minimum absolute atomic E-state index is 0.677. The quantitative estimate of drug-likeness (QED) is 0.502. The summed E-state index contributed by atoms with van der Waals surface area (Å²) in [5, 5.41) is 9.31. The fourth-order valence-corrected chi connectivity index (χ4v) is 3.21. The second-order valence-corrected chi connectivity index (χ2v) is 6.78. The molecular weight excluding hydrogens is 348 g/mol. The van der Waals surface area contributed by atoms with Crippen LogP contribution in [0.1, 0.15) is 43.2 Å². The van der Waals surface area contributed by atoms with Crippen LogP contribution in [0, 0.1) is 6.92 Å². The van der Waals surface area contributed by atoms with Gasteiger partial charge < -0.3 is 0 Å².